The normalized spacial score (nSPS) is 15.3. The Hall–Kier alpha value is -9.87. The van der Waals surface area contributed by atoms with Crippen LogP contribution < -0.4 is 70.0 Å². The lowest BCUT2D eigenvalue weighted by atomic mass is 9.95. The van der Waals surface area contributed by atoms with Crippen LogP contribution in [0.4, 0.5) is 0 Å². The van der Waals surface area contributed by atoms with Crippen LogP contribution in [0.3, 0.4) is 0 Å². The third-order valence-electron chi connectivity index (χ3n) is 16.8. The first kappa shape index (κ1) is 91.1. The summed E-state index contributed by atoms with van der Waals surface area (Å²) in [4.78, 5) is 226. The molecule has 36 nitrogen and oxygen atoms in total. The number of nitrogens with one attached hydrogen (secondary N) is 11. The third-order valence-corrected chi connectivity index (χ3v) is 16.8. The van der Waals surface area contributed by atoms with Crippen molar-refractivity contribution in [1.82, 2.24) is 58.5 Å². The van der Waals surface area contributed by atoms with Crippen molar-refractivity contribution < 1.29 is 112 Å². The first-order valence-electron chi connectivity index (χ1n) is 34.3. The van der Waals surface area contributed by atoms with Crippen molar-refractivity contribution in [2.24, 2.45) is 41.1 Å². The number of benzene rings is 1. The predicted molar refractivity (Wildman–Crippen MR) is 368 cm³/mol. The Morgan fingerprint density at radius 2 is 0.680 bits per heavy atom. The molecule has 0 radical (unpaired) electrons. The average molecular weight is 1460 g/mol. The summed E-state index contributed by atoms with van der Waals surface area (Å²) in [5.41, 5.74) is 12.1. The van der Waals surface area contributed by atoms with E-state index in [4.69, 9.17) is 11.5 Å². The van der Waals surface area contributed by atoms with Gasteiger partial charge in [0.2, 0.25) is 65.0 Å². The summed E-state index contributed by atoms with van der Waals surface area (Å²) in [6.07, 6.45) is -5.84. The summed E-state index contributed by atoms with van der Waals surface area (Å²) in [5, 5.41) is 84.3. The van der Waals surface area contributed by atoms with Crippen LogP contribution in [0.1, 0.15) is 171 Å². The molecule has 1 rings (SSSR count). The van der Waals surface area contributed by atoms with Crippen molar-refractivity contribution in [2.45, 2.75) is 244 Å². The fraction of sp³-hybridized carbons (Fsp3) is 0.657. The molecule has 36 heteroatoms. The van der Waals surface area contributed by atoms with Crippen LogP contribution in [-0.2, 0) is 87.9 Å². The number of carboxylic acid groups (broad SMARTS) is 6. The summed E-state index contributed by atoms with van der Waals surface area (Å²) >= 11 is 0. The smallest absolute Gasteiger partial charge is 0.326 e. The Balaban J connectivity index is 3.79. The van der Waals surface area contributed by atoms with Gasteiger partial charge in [-0.3, -0.25) is 76.7 Å². The SMILES string of the molecule is CC[C@H](C)[C@H](NC(=O)[C@H](CCCCN)NC(=O)[C@H](CCC(=O)O)NC(=O)[C@@H](NC(=O)[C@@H](NC(=O)[C@H](Cc1ccccc1)NC(=O)[C@H](CCC(=O)O)NC(=O)[C@H](CCC(=O)O)NC(=O)[C@H](CCC(=O)O)NC(=O)[C@@H](N)C(C)C)[C@@H](C)CC)C(C)C)C(=O)N[C@@H](CC(C)C)C(=O)N[C@@H](CC(=O)O)C(=O)O. The summed E-state index contributed by atoms with van der Waals surface area (Å²) in [6, 6.07) is -11.1. The van der Waals surface area contributed by atoms with Crippen LogP contribution in [0, 0.1) is 29.6 Å². The molecule has 103 heavy (non-hydrogen) atoms. The quantitative estimate of drug-likeness (QED) is 0.0330. The van der Waals surface area contributed by atoms with E-state index in [1.165, 1.54) is 13.8 Å². The van der Waals surface area contributed by atoms with Gasteiger partial charge in [-0.1, -0.05) is 112 Å². The van der Waals surface area contributed by atoms with Gasteiger partial charge in [0.25, 0.3) is 0 Å². The summed E-state index contributed by atoms with van der Waals surface area (Å²) in [6.45, 7) is 16.3. The van der Waals surface area contributed by atoms with E-state index < -0.39 is 255 Å². The number of nitrogens with two attached hydrogens (primary N) is 2. The van der Waals surface area contributed by atoms with E-state index in [0.29, 0.717) is 12.0 Å². The fourth-order valence-electron chi connectivity index (χ4n) is 10.2. The minimum Gasteiger partial charge on any atom is -0.481 e. The van der Waals surface area contributed by atoms with Crippen molar-refractivity contribution in [1.29, 1.82) is 0 Å². The third kappa shape index (κ3) is 34.6. The molecule has 0 fully saturated rings. The number of hydrogen-bond donors (Lipinski definition) is 19. The summed E-state index contributed by atoms with van der Waals surface area (Å²) in [5.74, 6) is -23.2. The van der Waals surface area contributed by atoms with Gasteiger partial charge in [0.1, 0.15) is 66.5 Å². The van der Waals surface area contributed by atoms with E-state index in [0.717, 1.165) is 0 Å². The number of rotatable bonds is 51. The van der Waals surface area contributed by atoms with Crippen molar-refractivity contribution in [3.05, 3.63) is 35.9 Å². The second kappa shape index (κ2) is 46.6. The van der Waals surface area contributed by atoms with E-state index in [1.807, 2.05) is 0 Å². The highest BCUT2D eigenvalue weighted by atomic mass is 16.4. The van der Waals surface area contributed by atoms with Gasteiger partial charge in [0.15, 0.2) is 0 Å². The van der Waals surface area contributed by atoms with Crippen LogP contribution >= 0.6 is 0 Å². The Labute approximate surface area is 597 Å². The van der Waals surface area contributed by atoms with Crippen molar-refractivity contribution in [2.75, 3.05) is 6.54 Å². The number of unbranched alkanes of at least 4 members (excludes halogenated alkanes) is 1. The van der Waals surface area contributed by atoms with E-state index in [2.05, 4.69) is 58.5 Å². The number of aliphatic carboxylic acids is 6. The maximum Gasteiger partial charge on any atom is 0.326 e. The highest BCUT2D eigenvalue weighted by Gasteiger charge is 2.40. The molecule has 0 heterocycles. The molecule has 0 saturated heterocycles. The monoisotopic (exact) mass is 1460 g/mol. The maximum absolute atomic E-state index is 14.7. The molecule has 0 bridgehead atoms. The molecule has 0 unspecified atom stereocenters. The molecule has 0 aliphatic heterocycles. The largest absolute Gasteiger partial charge is 0.481 e. The minimum absolute atomic E-state index is 0.0554. The molecular formula is C67H107N13O23. The summed E-state index contributed by atoms with van der Waals surface area (Å²) in [7, 11) is 0. The van der Waals surface area contributed by atoms with Gasteiger partial charge in [-0.2, -0.15) is 0 Å². The number of hydrogen-bond acceptors (Lipinski definition) is 19. The van der Waals surface area contributed by atoms with Gasteiger partial charge >= 0.3 is 35.8 Å². The van der Waals surface area contributed by atoms with Crippen molar-refractivity contribution in [3.8, 4) is 0 Å². The van der Waals surface area contributed by atoms with Crippen molar-refractivity contribution in [3.63, 3.8) is 0 Å². The van der Waals surface area contributed by atoms with E-state index in [-0.39, 0.29) is 51.0 Å². The molecule has 0 spiro atoms. The van der Waals surface area contributed by atoms with Gasteiger partial charge in [0, 0.05) is 32.1 Å². The maximum atomic E-state index is 14.7. The molecule has 1 aromatic carbocycles. The first-order chi connectivity index (χ1) is 48.2. The lowest BCUT2D eigenvalue weighted by Crippen LogP contribution is -2.62. The Bertz CT molecular complexity index is 3080. The molecular weight excluding hydrogens is 1350 g/mol. The number of carbonyl (C=O) groups is 17. The standard InChI is InChI=1S/C67H107N13O23/c1-11-36(9)54(65(100)76-44(30-33(3)4)61(96)77-46(67(102)103)32-51(89)90)79-60(95)39(20-16-17-29-68)70-58(93)43(24-28-50(87)88)74-64(99)53(35(7)8)78-66(101)55(37(10)12-2)80-62(97)45(31-38-18-14-13-15-19-38)75-59(94)41(22-26-48(83)84)72-56(91)40(21-25-47(81)82)71-57(92)42(23-27-49(85)86)73-63(98)52(69)34(5)6/h13-15,18-19,33-37,39-46,52-55H,11-12,16-17,20-32,68-69H2,1-10H3,(H,70,93)(H,71,92)(H,72,91)(H,73,98)(H,74,99)(H,75,94)(H,76,100)(H,77,96)(H,78,101)(H,79,95)(H,80,97)(H,81,82)(H,83,84)(H,85,86)(H,87,88)(H,89,90)(H,102,103)/t36-,37-,39-,40-,41-,42-,43-,44-,45-,46-,52-,53-,54-,55-/m0/s1. The highest BCUT2D eigenvalue weighted by Crippen LogP contribution is 2.17. The van der Waals surface area contributed by atoms with E-state index in [9.17, 15) is 112 Å². The number of carbonyl (C=O) groups excluding carboxylic acids is 11. The zero-order valence-electron chi connectivity index (χ0n) is 60.0. The molecule has 0 saturated carbocycles. The van der Waals surface area contributed by atoms with E-state index >= 15 is 0 Å². The second-order valence-corrected chi connectivity index (χ2v) is 26.5. The van der Waals surface area contributed by atoms with Gasteiger partial charge in [-0.15, -0.1) is 0 Å². The first-order valence-corrected chi connectivity index (χ1v) is 34.3. The highest BCUT2D eigenvalue weighted by molar-refractivity contribution is 6.00. The Kier molecular flexibility index (Phi) is 41.2. The average Bonchev–Trinajstić information content (AvgIpc) is 0.850. The Morgan fingerprint density at radius 3 is 1.04 bits per heavy atom. The molecule has 0 aromatic heterocycles. The van der Waals surface area contributed by atoms with E-state index in [1.54, 1.807) is 85.7 Å². The van der Waals surface area contributed by atoms with Crippen LogP contribution in [0.5, 0.6) is 0 Å². The molecule has 14 atom stereocenters. The molecule has 21 N–H and O–H groups in total. The Morgan fingerprint density at radius 1 is 0.359 bits per heavy atom. The molecule has 11 amide bonds. The lowest BCUT2D eigenvalue weighted by molar-refractivity contribution is -0.147. The number of carboxylic acids is 6. The van der Waals surface area contributed by atoms with Gasteiger partial charge in [0.05, 0.1) is 12.5 Å². The van der Waals surface area contributed by atoms with Crippen LogP contribution in [-0.4, -0.2) is 210 Å². The fourth-order valence-corrected chi connectivity index (χ4v) is 10.2. The van der Waals surface area contributed by atoms with Gasteiger partial charge < -0.3 is 101 Å². The van der Waals surface area contributed by atoms with Crippen LogP contribution in [0.15, 0.2) is 30.3 Å². The predicted octanol–water partition coefficient (Wildman–Crippen LogP) is -1.51. The van der Waals surface area contributed by atoms with Crippen LogP contribution in [0.2, 0.25) is 0 Å². The number of amides is 11. The topological polar surface area (TPSA) is 596 Å². The van der Waals surface area contributed by atoms with Crippen molar-refractivity contribution >= 4 is 101 Å². The lowest BCUT2D eigenvalue weighted by Gasteiger charge is -2.31. The molecule has 0 aliphatic rings. The zero-order chi connectivity index (χ0) is 78.5. The van der Waals surface area contributed by atoms with Gasteiger partial charge in [-0.05, 0) is 93.1 Å². The summed E-state index contributed by atoms with van der Waals surface area (Å²) < 4.78 is 0. The van der Waals surface area contributed by atoms with Gasteiger partial charge in [-0.25, -0.2) is 4.79 Å². The molecule has 0 aliphatic carbocycles. The molecule has 578 valence electrons. The molecule has 1 aromatic rings. The minimum atomic E-state index is -1.86. The zero-order valence-corrected chi connectivity index (χ0v) is 60.0. The van der Waals surface area contributed by atoms with Crippen LogP contribution in [0.25, 0.3) is 0 Å². The second-order valence-electron chi connectivity index (χ2n) is 26.5.